The van der Waals surface area contributed by atoms with E-state index in [1.54, 1.807) is 0 Å². The maximum absolute atomic E-state index is 3.21. The van der Waals surface area contributed by atoms with Crippen molar-refractivity contribution in [2.24, 2.45) is 0 Å². The van der Waals surface area contributed by atoms with Gasteiger partial charge in [0.1, 0.15) is 0 Å². The van der Waals surface area contributed by atoms with Crippen LogP contribution in [-0.4, -0.2) is 15.0 Å². The second kappa shape index (κ2) is 3.60. The molecule has 12 heavy (non-hydrogen) atoms. The van der Waals surface area contributed by atoms with Crippen LogP contribution in [0.2, 0.25) is 0 Å². The van der Waals surface area contributed by atoms with Crippen LogP contribution in [0.4, 0.5) is 0 Å². The summed E-state index contributed by atoms with van der Waals surface area (Å²) in [6.45, 7) is 0. The molecule has 1 aromatic rings. The van der Waals surface area contributed by atoms with Gasteiger partial charge < -0.3 is 0 Å². The van der Waals surface area contributed by atoms with E-state index in [4.69, 9.17) is 0 Å². The van der Waals surface area contributed by atoms with Crippen molar-refractivity contribution in [3.8, 4) is 0 Å². The summed E-state index contributed by atoms with van der Waals surface area (Å²) < 4.78 is 2.74. The van der Waals surface area contributed by atoms with Crippen LogP contribution in [-0.2, 0) is 0 Å². The molecule has 0 unspecified atom stereocenters. The van der Waals surface area contributed by atoms with Gasteiger partial charge in [-0.3, -0.25) is 0 Å². The van der Waals surface area contributed by atoms with E-state index in [1.807, 2.05) is 18.2 Å². The van der Waals surface area contributed by atoms with Crippen LogP contribution in [0.25, 0.3) is 0 Å². The Kier molecular flexibility index (Phi) is 2.29. The van der Waals surface area contributed by atoms with E-state index in [0.29, 0.717) is 15.0 Å². The van der Waals surface area contributed by atoms with Crippen molar-refractivity contribution >= 4 is 19.4 Å². The zero-order valence-electron chi connectivity index (χ0n) is 6.53. The van der Waals surface area contributed by atoms with Gasteiger partial charge in [0.15, 0.2) is 0 Å². The van der Waals surface area contributed by atoms with Gasteiger partial charge in [0.25, 0.3) is 0 Å². The number of hydrogen-bond donors (Lipinski definition) is 0. The molecule has 0 bridgehead atoms. The van der Waals surface area contributed by atoms with Crippen LogP contribution in [0, 0.1) is 0 Å². The Labute approximate surface area is 78.5 Å². The van der Waals surface area contributed by atoms with Gasteiger partial charge in [0.05, 0.1) is 0 Å². The minimum absolute atomic E-state index is 0.435. The summed E-state index contributed by atoms with van der Waals surface area (Å²) in [5.41, 5.74) is 3.21. The Morgan fingerprint density at radius 2 is 1.92 bits per heavy atom. The molecule has 0 saturated heterocycles. The fraction of sp³-hybridized carbons (Fsp3) is 0. The van der Waals surface area contributed by atoms with Gasteiger partial charge in [0, 0.05) is 0 Å². The molecule has 0 N–H and O–H groups in total. The summed E-state index contributed by atoms with van der Waals surface area (Å²) in [6.07, 6.45) is 6.15. The molecule has 0 atom stereocenters. The molecule has 1 aromatic carbocycles. The molecule has 0 aliphatic heterocycles. The van der Waals surface area contributed by atoms with Crippen molar-refractivity contribution < 1.29 is 0 Å². The van der Waals surface area contributed by atoms with E-state index in [2.05, 4.69) is 36.1 Å². The van der Waals surface area contributed by atoms with Crippen LogP contribution < -0.4 is 4.46 Å². The summed E-state index contributed by atoms with van der Waals surface area (Å²) in [7, 11) is 0. The number of rotatable bonds is 2. The van der Waals surface area contributed by atoms with Crippen molar-refractivity contribution in [3.63, 3.8) is 0 Å². The van der Waals surface area contributed by atoms with Gasteiger partial charge >= 0.3 is 78.2 Å². The van der Waals surface area contributed by atoms with Crippen molar-refractivity contribution in [2.45, 2.75) is 0 Å². The van der Waals surface area contributed by atoms with Gasteiger partial charge in [-0.2, -0.15) is 0 Å². The van der Waals surface area contributed by atoms with Gasteiger partial charge in [-0.15, -0.1) is 0 Å². The summed E-state index contributed by atoms with van der Waals surface area (Å²) in [5, 5.41) is 0. The van der Waals surface area contributed by atoms with Crippen LogP contribution >= 0.6 is 0 Å². The molecule has 0 spiro atoms. The summed E-state index contributed by atoms with van der Waals surface area (Å²) in [5.74, 6) is 0. The first kappa shape index (κ1) is 7.64. The van der Waals surface area contributed by atoms with E-state index in [9.17, 15) is 0 Å². The summed E-state index contributed by atoms with van der Waals surface area (Å²) >= 11 is 0.435. The first-order chi connectivity index (χ1) is 5.95. The van der Waals surface area contributed by atoms with Crippen molar-refractivity contribution in [1.82, 2.24) is 0 Å². The third kappa shape index (κ3) is 1.78. The summed E-state index contributed by atoms with van der Waals surface area (Å²) in [4.78, 5) is 0. The van der Waals surface area contributed by atoms with Crippen molar-refractivity contribution in [3.05, 3.63) is 58.8 Å². The molecule has 0 saturated carbocycles. The van der Waals surface area contributed by atoms with Gasteiger partial charge in [-0.25, -0.2) is 0 Å². The van der Waals surface area contributed by atoms with Crippen LogP contribution in [0.3, 0.4) is 0 Å². The normalized spacial score (nSPS) is 13.5. The number of allylic oxidation sites excluding steroid dienone is 3. The zero-order chi connectivity index (χ0) is 8.23. The van der Waals surface area contributed by atoms with E-state index >= 15 is 0 Å². The second-order valence-corrected chi connectivity index (χ2v) is 4.79. The Morgan fingerprint density at radius 3 is 2.58 bits per heavy atom. The number of benzene rings is 1. The Morgan fingerprint density at radius 1 is 1.08 bits per heavy atom. The third-order valence-electron chi connectivity index (χ3n) is 1.54. The Hall–Kier alpha value is -1.00. The van der Waals surface area contributed by atoms with E-state index < -0.39 is 0 Å². The quantitative estimate of drug-likeness (QED) is 0.523. The topological polar surface area (TPSA) is 0 Å². The SMILES string of the molecule is C1=CC=CC=1[Se]c1ccccc1. The fourth-order valence-electron chi connectivity index (χ4n) is 0.993. The zero-order valence-corrected chi connectivity index (χ0v) is 8.24. The summed E-state index contributed by atoms with van der Waals surface area (Å²) in [6, 6.07) is 10.6. The minimum atomic E-state index is 0.435. The maximum atomic E-state index is 3.21. The van der Waals surface area contributed by atoms with Crippen LogP contribution in [0.5, 0.6) is 0 Å². The molecule has 1 aliphatic rings. The van der Waals surface area contributed by atoms with Gasteiger partial charge in [-0.1, -0.05) is 0 Å². The van der Waals surface area contributed by atoms with Gasteiger partial charge in [0.2, 0.25) is 0 Å². The Balaban J connectivity index is 2.15. The fourth-order valence-corrected chi connectivity index (χ4v) is 2.71. The molecule has 2 rings (SSSR count). The standard InChI is InChI=1S/C11H8Se/c1-2-6-10(7-3-1)12-11-8-4-5-9-11/h1-8H. The molecule has 0 nitrogen and oxygen atoms in total. The van der Waals surface area contributed by atoms with E-state index in [-0.39, 0.29) is 0 Å². The average Bonchev–Trinajstić information content (AvgIpc) is 2.59. The van der Waals surface area contributed by atoms with Crippen molar-refractivity contribution in [2.75, 3.05) is 0 Å². The number of hydrogen-bond acceptors (Lipinski definition) is 0. The molecular formula is C11H8Se. The third-order valence-corrected chi connectivity index (χ3v) is 3.60. The molecule has 0 heterocycles. The predicted molar refractivity (Wildman–Crippen MR) is 52.6 cm³/mol. The molecule has 0 aromatic heterocycles. The molecule has 1 heteroatoms. The van der Waals surface area contributed by atoms with E-state index in [1.165, 1.54) is 8.93 Å². The first-order valence-corrected chi connectivity index (χ1v) is 5.53. The first-order valence-electron chi connectivity index (χ1n) is 3.81. The van der Waals surface area contributed by atoms with Crippen LogP contribution in [0.15, 0.2) is 58.8 Å². The van der Waals surface area contributed by atoms with Crippen molar-refractivity contribution in [1.29, 1.82) is 0 Å². The Bertz CT molecular complexity index is 354. The predicted octanol–water partition coefficient (Wildman–Crippen LogP) is 1.62. The molecular weight excluding hydrogens is 211 g/mol. The van der Waals surface area contributed by atoms with E-state index in [0.717, 1.165) is 0 Å². The second-order valence-electron chi connectivity index (χ2n) is 2.45. The molecule has 0 fully saturated rings. The molecule has 1 aliphatic carbocycles. The van der Waals surface area contributed by atoms with Crippen LogP contribution in [0.1, 0.15) is 0 Å². The molecule has 58 valence electrons. The average molecular weight is 219 g/mol. The monoisotopic (exact) mass is 220 g/mol. The molecule has 0 amide bonds. The van der Waals surface area contributed by atoms with Gasteiger partial charge in [-0.05, 0) is 0 Å². The molecule has 0 radical (unpaired) electrons.